The van der Waals surface area contributed by atoms with Crippen molar-refractivity contribution in [3.05, 3.63) is 182 Å². The Morgan fingerprint density at radius 3 is 1.16 bits per heavy atom. The summed E-state index contributed by atoms with van der Waals surface area (Å²) in [5, 5.41) is 19.2. The molecule has 0 saturated heterocycles. The van der Waals surface area contributed by atoms with E-state index in [4.69, 9.17) is 8.83 Å². The van der Waals surface area contributed by atoms with Crippen molar-refractivity contribution in [2.45, 2.75) is 0 Å². The van der Waals surface area contributed by atoms with E-state index in [1.165, 1.54) is 94.9 Å². The molecule has 11 aromatic carbocycles. The molecule has 0 amide bonds. The number of para-hydroxylation sites is 2. The highest BCUT2D eigenvalue weighted by Crippen LogP contribution is 2.50. The van der Waals surface area contributed by atoms with Gasteiger partial charge in [0.15, 0.2) is 0 Å². The number of hydrogen-bond acceptors (Lipinski definition) is 4. The van der Waals surface area contributed by atoms with E-state index < -0.39 is 0 Å². The Bertz CT molecular complexity index is 4170. The van der Waals surface area contributed by atoms with Crippen LogP contribution in [-0.2, 0) is 0 Å². The molecule has 0 spiro atoms. The van der Waals surface area contributed by atoms with E-state index in [0.29, 0.717) is 0 Å². The molecule has 286 valence electrons. The SMILES string of the molecule is c1ccc2c(c1)oc1c2ccc2c3cc4cc(-c5cccc6c5sc5ccccc56)c5c(ccc6c7ccccc7oc65)c4cc3cc(-c3cccc4c3sc3ccccc34)c21. The summed E-state index contributed by atoms with van der Waals surface area (Å²) in [5.74, 6) is 0. The minimum absolute atomic E-state index is 0.906. The van der Waals surface area contributed by atoms with Gasteiger partial charge in [0.2, 0.25) is 0 Å². The van der Waals surface area contributed by atoms with Crippen LogP contribution in [0.15, 0.2) is 191 Å². The largest absolute Gasteiger partial charge is 0.455 e. The van der Waals surface area contributed by atoms with Crippen molar-refractivity contribution in [1.29, 1.82) is 0 Å². The van der Waals surface area contributed by atoms with Gasteiger partial charge in [-0.3, -0.25) is 0 Å². The highest BCUT2D eigenvalue weighted by Gasteiger charge is 2.23. The van der Waals surface area contributed by atoms with Crippen molar-refractivity contribution in [3.8, 4) is 22.3 Å². The molecule has 0 radical (unpaired) electrons. The van der Waals surface area contributed by atoms with E-state index >= 15 is 0 Å². The van der Waals surface area contributed by atoms with Crippen molar-refractivity contribution in [2.75, 3.05) is 0 Å². The second-order valence-electron chi connectivity index (χ2n) is 16.6. The van der Waals surface area contributed by atoms with Crippen LogP contribution >= 0.6 is 22.7 Å². The van der Waals surface area contributed by atoms with E-state index in [-0.39, 0.29) is 0 Å². The normalized spacial score (nSPS) is 12.5. The molecular formula is C58H30O2S2. The molecule has 2 nitrogen and oxygen atoms in total. The number of hydrogen-bond donors (Lipinski definition) is 0. The molecular weight excluding hydrogens is 793 g/mol. The maximum absolute atomic E-state index is 6.90. The Labute approximate surface area is 361 Å². The van der Waals surface area contributed by atoms with Gasteiger partial charge >= 0.3 is 0 Å². The number of furan rings is 2. The first-order valence-corrected chi connectivity index (χ1v) is 22.7. The smallest absolute Gasteiger partial charge is 0.143 e. The fraction of sp³-hybridized carbons (Fsp3) is 0. The summed E-state index contributed by atoms with van der Waals surface area (Å²) in [5.41, 5.74) is 8.50. The van der Waals surface area contributed by atoms with E-state index in [0.717, 1.165) is 54.6 Å². The summed E-state index contributed by atoms with van der Waals surface area (Å²) in [7, 11) is 0. The molecule has 0 atom stereocenters. The zero-order valence-corrected chi connectivity index (χ0v) is 34.6. The van der Waals surface area contributed by atoms with Crippen molar-refractivity contribution in [2.24, 2.45) is 0 Å². The van der Waals surface area contributed by atoms with Gasteiger partial charge in [-0.15, -0.1) is 22.7 Å². The first-order chi connectivity index (χ1) is 30.7. The van der Waals surface area contributed by atoms with Crippen LogP contribution < -0.4 is 0 Å². The van der Waals surface area contributed by atoms with Gasteiger partial charge < -0.3 is 8.83 Å². The number of rotatable bonds is 2. The fourth-order valence-corrected chi connectivity index (χ4v) is 13.2. The zero-order valence-electron chi connectivity index (χ0n) is 33.0. The number of thiophene rings is 2. The van der Waals surface area contributed by atoms with Crippen LogP contribution in [0.5, 0.6) is 0 Å². The lowest BCUT2D eigenvalue weighted by atomic mass is 9.87. The summed E-state index contributed by atoms with van der Waals surface area (Å²) in [6, 6.07) is 66.9. The van der Waals surface area contributed by atoms with Gasteiger partial charge in [0.05, 0.1) is 0 Å². The lowest BCUT2D eigenvalue weighted by molar-refractivity contribution is 0.672. The molecule has 15 aromatic rings. The third-order valence-electron chi connectivity index (χ3n) is 13.4. The van der Waals surface area contributed by atoms with Gasteiger partial charge in [-0.05, 0) is 104 Å². The molecule has 0 fully saturated rings. The average Bonchev–Trinajstić information content (AvgIpc) is 4.10. The minimum atomic E-state index is 0.906. The van der Waals surface area contributed by atoms with Crippen LogP contribution in [0.1, 0.15) is 0 Å². The first-order valence-electron chi connectivity index (χ1n) is 21.1. The molecule has 0 aliphatic rings. The number of benzene rings is 11. The molecule has 0 aliphatic carbocycles. The standard InChI is InChI=1S/C58H30O2S2/c1-5-19-49-33(11-1)39-25-23-37-45-27-32-30-48(44-18-10-16-42-36-14-4-8-22-52(36)62-58(42)44)54-38(24-26-40-34-12-2-6-20-50(34)60-56(40)54)46(32)28-31(45)29-47(53(37)55(39)59-49)43-17-9-15-41-35-13-3-7-21-51(35)61-57(41)43/h1-30H. The van der Waals surface area contributed by atoms with E-state index in [2.05, 4.69) is 182 Å². The lowest BCUT2D eigenvalue weighted by Crippen LogP contribution is -1.89. The average molecular weight is 823 g/mol. The molecule has 4 aromatic heterocycles. The van der Waals surface area contributed by atoms with Crippen LogP contribution in [0.2, 0.25) is 0 Å². The van der Waals surface area contributed by atoms with Gasteiger partial charge in [0, 0.05) is 83.8 Å². The highest BCUT2D eigenvalue weighted by atomic mass is 32.1. The van der Waals surface area contributed by atoms with Crippen LogP contribution in [0.4, 0.5) is 0 Å². The van der Waals surface area contributed by atoms with E-state index in [9.17, 15) is 0 Å². The maximum Gasteiger partial charge on any atom is 0.143 e. The van der Waals surface area contributed by atoms with Crippen molar-refractivity contribution in [3.63, 3.8) is 0 Å². The Morgan fingerprint density at radius 1 is 0.274 bits per heavy atom. The highest BCUT2D eigenvalue weighted by molar-refractivity contribution is 7.26. The van der Waals surface area contributed by atoms with Crippen LogP contribution in [-0.4, -0.2) is 0 Å². The molecule has 0 N–H and O–H groups in total. The van der Waals surface area contributed by atoms with E-state index in [1.807, 2.05) is 22.7 Å². The Kier molecular flexibility index (Phi) is 6.48. The summed E-state index contributed by atoms with van der Waals surface area (Å²) >= 11 is 3.75. The summed E-state index contributed by atoms with van der Waals surface area (Å²) < 4.78 is 19.0. The van der Waals surface area contributed by atoms with Gasteiger partial charge in [0.1, 0.15) is 22.3 Å². The Morgan fingerprint density at radius 2 is 0.677 bits per heavy atom. The second kappa shape index (κ2) is 12.1. The Hall–Kier alpha value is -7.50. The molecule has 0 bridgehead atoms. The molecule has 0 saturated carbocycles. The van der Waals surface area contributed by atoms with Crippen LogP contribution in [0, 0.1) is 0 Å². The summed E-state index contributed by atoms with van der Waals surface area (Å²) in [6.07, 6.45) is 0. The minimum Gasteiger partial charge on any atom is -0.455 e. The first kappa shape index (κ1) is 33.2. The molecule has 62 heavy (non-hydrogen) atoms. The van der Waals surface area contributed by atoms with Crippen molar-refractivity contribution in [1.82, 2.24) is 0 Å². The summed E-state index contributed by atoms with van der Waals surface area (Å²) in [4.78, 5) is 0. The zero-order chi connectivity index (χ0) is 40.2. The van der Waals surface area contributed by atoms with E-state index in [1.54, 1.807) is 0 Å². The topological polar surface area (TPSA) is 26.3 Å². The molecule has 4 heteroatoms. The van der Waals surface area contributed by atoms with Gasteiger partial charge in [-0.2, -0.15) is 0 Å². The second-order valence-corrected chi connectivity index (χ2v) is 18.7. The van der Waals surface area contributed by atoms with Crippen LogP contribution in [0.25, 0.3) is 150 Å². The Balaban J connectivity index is 1.11. The maximum atomic E-state index is 6.90. The third kappa shape index (κ3) is 4.37. The quantitative estimate of drug-likeness (QED) is 0.128. The molecule has 0 unspecified atom stereocenters. The number of fused-ring (bicyclic) bond motifs is 20. The summed E-state index contributed by atoms with van der Waals surface area (Å²) in [6.45, 7) is 0. The van der Waals surface area contributed by atoms with Gasteiger partial charge in [0.25, 0.3) is 0 Å². The van der Waals surface area contributed by atoms with Gasteiger partial charge in [-0.1, -0.05) is 121 Å². The monoisotopic (exact) mass is 822 g/mol. The molecule has 15 rings (SSSR count). The van der Waals surface area contributed by atoms with Gasteiger partial charge in [-0.25, -0.2) is 0 Å². The molecule has 4 heterocycles. The van der Waals surface area contributed by atoms with Crippen molar-refractivity contribution >= 4 is 150 Å². The molecule has 0 aliphatic heterocycles. The van der Waals surface area contributed by atoms with Crippen molar-refractivity contribution < 1.29 is 8.83 Å². The predicted octanol–water partition coefficient (Wildman–Crippen LogP) is 18.2. The lowest BCUT2D eigenvalue weighted by Gasteiger charge is -2.16. The third-order valence-corrected chi connectivity index (χ3v) is 15.9. The van der Waals surface area contributed by atoms with Crippen LogP contribution in [0.3, 0.4) is 0 Å². The predicted molar refractivity (Wildman–Crippen MR) is 268 cm³/mol. The fourth-order valence-electron chi connectivity index (χ4n) is 10.7.